The second kappa shape index (κ2) is 5.12. The zero-order valence-electron chi connectivity index (χ0n) is 10.2. The van der Waals surface area contributed by atoms with E-state index in [0.29, 0.717) is 40.1 Å². The van der Waals surface area contributed by atoms with Crippen molar-refractivity contribution in [1.29, 1.82) is 0 Å². The second-order valence-electron chi connectivity index (χ2n) is 3.74. The van der Waals surface area contributed by atoms with Gasteiger partial charge in [-0.2, -0.15) is 13.2 Å². The van der Waals surface area contributed by atoms with Crippen molar-refractivity contribution in [3.05, 3.63) is 23.1 Å². The van der Waals surface area contributed by atoms with E-state index in [4.69, 9.17) is 0 Å². The highest BCUT2D eigenvalue weighted by Gasteiger charge is 2.34. The first-order chi connectivity index (χ1) is 8.90. The number of hydrogen-bond donors (Lipinski definition) is 1. The summed E-state index contributed by atoms with van der Waals surface area (Å²) in [4.78, 5) is 12.0. The van der Waals surface area contributed by atoms with Gasteiger partial charge in [-0.25, -0.2) is 15.0 Å². The molecule has 19 heavy (non-hydrogen) atoms. The van der Waals surface area contributed by atoms with E-state index in [1.165, 1.54) is 6.20 Å². The average molecular weight is 288 g/mol. The third kappa shape index (κ3) is 3.19. The molecule has 0 aliphatic carbocycles. The van der Waals surface area contributed by atoms with Crippen LogP contribution < -0.4 is 5.32 Å². The van der Waals surface area contributed by atoms with Gasteiger partial charge in [0.25, 0.3) is 0 Å². The first-order valence-corrected chi connectivity index (χ1v) is 6.34. The maximum Gasteiger partial charge on any atom is 0.443 e. The van der Waals surface area contributed by atoms with Gasteiger partial charge in [-0.15, -0.1) is 11.3 Å². The lowest BCUT2D eigenvalue weighted by Crippen LogP contribution is -2.03. The Morgan fingerprint density at radius 1 is 1.32 bits per heavy atom. The Bertz CT molecular complexity index is 580. The summed E-state index contributed by atoms with van der Waals surface area (Å²) in [6, 6.07) is 1.62. The minimum absolute atomic E-state index is 0.372. The maximum absolute atomic E-state index is 12.5. The van der Waals surface area contributed by atoms with Gasteiger partial charge < -0.3 is 5.32 Å². The molecule has 2 rings (SSSR count). The highest BCUT2D eigenvalue weighted by Crippen LogP contribution is 2.36. The molecule has 0 atom stereocenters. The van der Waals surface area contributed by atoms with Crippen LogP contribution in [0.25, 0.3) is 10.6 Å². The van der Waals surface area contributed by atoms with Gasteiger partial charge in [-0.1, -0.05) is 0 Å². The summed E-state index contributed by atoms with van der Waals surface area (Å²) in [6.07, 6.45) is -3.24. The number of rotatable bonds is 3. The van der Waals surface area contributed by atoms with Crippen molar-refractivity contribution in [1.82, 2.24) is 15.0 Å². The third-order valence-corrected chi connectivity index (χ3v) is 3.26. The monoisotopic (exact) mass is 288 g/mol. The van der Waals surface area contributed by atoms with Crippen molar-refractivity contribution in [2.75, 3.05) is 11.9 Å². The van der Waals surface area contributed by atoms with E-state index in [0.717, 1.165) is 0 Å². The van der Waals surface area contributed by atoms with Gasteiger partial charge in [0, 0.05) is 18.8 Å². The summed E-state index contributed by atoms with van der Waals surface area (Å²) in [5, 5.41) is 2.13. The maximum atomic E-state index is 12.5. The smallest absolute Gasteiger partial charge is 0.370 e. The fraction of sp³-hybridized carbons (Fsp3) is 0.364. The van der Waals surface area contributed by atoms with Crippen molar-refractivity contribution in [3.8, 4) is 10.6 Å². The molecule has 0 fully saturated rings. The topological polar surface area (TPSA) is 50.7 Å². The molecule has 0 saturated heterocycles. The van der Waals surface area contributed by atoms with E-state index < -0.39 is 11.2 Å². The van der Waals surface area contributed by atoms with E-state index in [2.05, 4.69) is 20.3 Å². The van der Waals surface area contributed by atoms with Crippen LogP contribution in [-0.2, 0) is 6.18 Å². The molecule has 0 amide bonds. The van der Waals surface area contributed by atoms with Crippen molar-refractivity contribution >= 4 is 17.2 Å². The predicted octanol–water partition coefficient (Wildman–Crippen LogP) is 3.36. The van der Waals surface area contributed by atoms with Gasteiger partial charge in [0.05, 0.1) is 10.6 Å². The highest BCUT2D eigenvalue weighted by atomic mass is 32.1. The molecule has 0 saturated carbocycles. The lowest BCUT2D eigenvalue weighted by molar-refractivity contribution is -0.137. The molecule has 8 heteroatoms. The number of aryl methyl sites for hydroxylation is 1. The van der Waals surface area contributed by atoms with Crippen molar-refractivity contribution < 1.29 is 13.2 Å². The molecule has 1 N–H and O–H groups in total. The van der Waals surface area contributed by atoms with Crippen molar-refractivity contribution in [2.24, 2.45) is 0 Å². The molecule has 102 valence electrons. The lowest BCUT2D eigenvalue weighted by Gasteiger charge is -2.05. The Hall–Kier alpha value is -1.70. The number of thiazole rings is 1. The summed E-state index contributed by atoms with van der Waals surface area (Å²) in [5.41, 5.74) is 0.441. The molecule has 4 nitrogen and oxygen atoms in total. The Morgan fingerprint density at radius 2 is 2.05 bits per heavy atom. The molecular formula is C11H11F3N4S. The molecule has 2 aromatic heterocycles. The van der Waals surface area contributed by atoms with Crippen molar-refractivity contribution in [2.45, 2.75) is 20.0 Å². The molecule has 2 heterocycles. The number of halogens is 3. The van der Waals surface area contributed by atoms with Gasteiger partial charge in [0.1, 0.15) is 11.6 Å². The first kappa shape index (κ1) is 13.7. The number of alkyl halides is 3. The molecular weight excluding hydrogens is 277 g/mol. The van der Waals surface area contributed by atoms with Gasteiger partial charge in [0.15, 0.2) is 5.01 Å². The Labute approximate surface area is 111 Å². The third-order valence-electron chi connectivity index (χ3n) is 2.20. The molecule has 0 spiro atoms. The number of anilines is 1. The number of nitrogens with one attached hydrogen (secondary N) is 1. The van der Waals surface area contributed by atoms with Crippen LogP contribution >= 0.6 is 11.3 Å². The van der Waals surface area contributed by atoms with Crippen LogP contribution in [0.15, 0.2) is 12.3 Å². The number of hydrogen-bond acceptors (Lipinski definition) is 5. The normalized spacial score (nSPS) is 11.6. The molecule has 0 aliphatic heterocycles. The molecule has 2 aromatic rings. The van der Waals surface area contributed by atoms with Crippen LogP contribution in [0.3, 0.4) is 0 Å². The van der Waals surface area contributed by atoms with E-state index in [-0.39, 0.29) is 0 Å². The largest absolute Gasteiger partial charge is 0.443 e. The second-order valence-corrected chi connectivity index (χ2v) is 4.77. The van der Waals surface area contributed by atoms with Gasteiger partial charge in [0.2, 0.25) is 0 Å². The lowest BCUT2D eigenvalue weighted by atomic mass is 10.3. The summed E-state index contributed by atoms with van der Waals surface area (Å²) >= 11 is 0.574. The average Bonchev–Trinajstić information content (AvgIpc) is 2.77. The zero-order chi connectivity index (χ0) is 14.0. The van der Waals surface area contributed by atoms with Crippen LogP contribution in [0.2, 0.25) is 0 Å². The predicted molar refractivity (Wildman–Crippen MR) is 67.0 cm³/mol. The van der Waals surface area contributed by atoms with Crippen molar-refractivity contribution in [3.63, 3.8) is 0 Å². The van der Waals surface area contributed by atoms with Crippen LogP contribution in [0, 0.1) is 6.92 Å². The standard InChI is InChI=1S/C11H11F3N4S/c1-3-15-9-4-7(17-6(2)18-9)8-5-16-10(19-8)11(12,13)14/h4-5H,3H2,1-2H3,(H,15,17,18). The molecule has 0 unspecified atom stereocenters. The summed E-state index contributed by atoms with van der Waals surface area (Å²) < 4.78 is 37.5. The summed E-state index contributed by atoms with van der Waals surface area (Å²) in [5.74, 6) is 1.09. The fourth-order valence-electron chi connectivity index (χ4n) is 1.49. The van der Waals surface area contributed by atoms with Crippen LogP contribution in [0.5, 0.6) is 0 Å². The van der Waals surface area contributed by atoms with E-state index >= 15 is 0 Å². The molecule has 0 aromatic carbocycles. The Kier molecular flexibility index (Phi) is 3.70. The zero-order valence-corrected chi connectivity index (χ0v) is 11.1. The fourth-order valence-corrected chi connectivity index (χ4v) is 2.23. The van der Waals surface area contributed by atoms with Gasteiger partial charge >= 0.3 is 6.18 Å². The van der Waals surface area contributed by atoms with Crippen LogP contribution in [-0.4, -0.2) is 21.5 Å². The van der Waals surface area contributed by atoms with Crippen LogP contribution in [0.4, 0.5) is 19.0 Å². The minimum atomic E-state index is -4.42. The molecule has 0 aliphatic rings. The molecule has 0 bridgehead atoms. The van der Waals surface area contributed by atoms with E-state index in [1.807, 2.05) is 6.92 Å². The molecule has 0 radical (unpaired) electrons. The quantitative estimate of drug-likeness (QED) is 0.941. The van der Waals surface area contributed by atoms with Gasteiger partial charge in [-0.3, -0.25) is 0 Å². The minimum Gasteiger partial charge on any atom is -0.370 e. The Morgan fingerprint density at radius 3 is 2.63 bits per heavy atom. The number of nitrogens with zero attached hydrogens (tertiary/aromatic N) is 3. The SMILES string of the molecule is CCNc1cc(-c2cnc(C(F)(F)F)s2)nc(C)n1. The van der Waals surface area contributed by atoms with E-state index in [1.54, 1.807) is 13.0 Å². The van der Waals surface area contributed by atoms with E-state index in [9.17, 15) is 13.2 Å². The van der Waals surface area contributed by atoms with Crippen LogP contribution in [0.1, 0.15) is 17.8 Å². The van der Waals surface area contributed by atoms with Gasteiger partial charge in [-0.05, 0) is 13.8 Å². The Balaban J connectivity index is 2.38. The number of aromatic nitrogens is 3. The first-order valence-electron chi connectivity index (χ1n) is 5.53. The highest BCUT2D eigenvalue weighted by molar-refractivity contribution is 7.15. The summed E-state index contributed by atoms with van der Waals surface area (Å²) in [7, 11) is 0. The summed E-state index contributed by atoms with van der Waals surface area (Å²) in [6.45, 7) is 4.27.